The molecule has 0 aliphatic carbocycles. The Balaban J connectivity index is 2.05. The zero-order chi connectivity index (χ0) is 12.4. The molecule has 0 fully saturated rings. The molecule has 0 unspecified atom stereocenters. The standard InChI is InChI=1S/C14H12N4/c1-18-16-14(15-17-18)13-9-5-8-12(10-13)11-6-3-2-4-7-11/h2-10H,1H3. The molecule has 88 valence electrons. The summed E-state index contributed by atoms with van der Waals surface area (Å²) >= 11 is 0. The fraction of sp³-hybridized carbons (Fsp3) is 0.0714. The highest BCUT2D eigenvalue weighted by Crippen LogP contribution is 2.23. The van der Waals surface area contributed by atoms with Gasteiger partial charge >= 0.3 is 0 Å². The Bertz CT molecular complexity index is 658. The SMILES string of the molecule is Cn1nnc(-c2cccc(-c3ccccc3)c2)n1. The molecule has 0 N–H and O–H groups in total. The molecule has 1 aromatic heterocycles. The van der Waals surface area contributed by atoms with Gasteiger partial charge in [0, 0.05) is 5.56 Å². The van der Waals surface area contributed by atoms with E-state index in [0.29, 0.717) is 5.82 Å². The summed E-state index contributed by atoms with van der Waals surface area (Å²) < 4.78 is 0. The van der Waals surface area contributed by atoms with Gasteiger partial charge < -0.3 is 0 Å². The molecule has 0 amide bonds. The van der Waals surface area contributed by atoms with Gasteiger partial charge in [-0.25, -0.2) is 0 Å². The molecule has 18 heavy (non-hydrogen) atoms. The summed E-state index contributed by atoms with van der Waals surface area (Å²) in [6, 6.07) is 18.4. The van der Waals surface area contributed by atoms with Gasteiger partial charge in [0.05, 0.1) is 7.05 Å². The van der Waals surface area contributed by atoms with Crippen LogP contribution >= 0.6 is 0 Å². The second-order valence-corrected chi connectivity index (χ2v) is 4.05. The fourth-order valence-corrected chi connectivity index (χ4v) is 1.87. The van der Waals surface area contributed by atoms with Crippen LogP contribution in [0.5, 0.6) is 0 Å². The molecule has 0 saturated carbocycles. The topological polar surface area (TPSA) is 43.6 Å². The molecule has 0 radical (unpaired) electrons. The Morgan fingerprint density at radius 2 is 1.56 bits per heavy atom. The van der Waals surface area contributed by atoms with Crippen LogP contribution < -0.4 is 0 Å². The van der Waals surface area contributed by atoms with Crippen LogP contribution in [0, 0.1) is 0 Å². The summed E-state index contributed by atoms with van der Waals surface area (Å²) in [5.41, 5.74) is 3.31. The first-order valence-electron chi connectivity index (χ1n) is 5.73. The lowest BCUT2D eigenvalue weighted by Gasteiger charge is -2.02. The van der Waals surface area contributed by atoms with E-state index < -0.39 is 0 Å². The van der Waals surface area contributed by atoms with Gasteiger partial charge in [-0.15, -0.1) is 10.2 Å². The minimum atomic E-state index is 0.648. The van der Waals surface area contributed by atoms with Gasteiger partial charge in [0.2, 0.25) is 5.82 Å². The lowest BCUT2D eigenvalue weighted by Crippen LogP contribution is -1.91. The van der Waals surface area contributed by atoms with E-state index in [4.69, 9.17) is 0 Å². The third-order valence-corrected chi connectivity index (χ3v) is 2.74. The van der Waals surface area contributed by atoms with E-state index in [0.717, 1.165) is 11.1 Å². The van der Waals surface area contributed by atoms with Crippen molar-refractivity contribution in [2.24, 2.45) is 7.05 Å². The Morgan fingerprint density at radius 1 is 0.833 bits per heavy atom. The predicted octanol–water partition coefficient (Wildman–Crippen LogP) is 2.54. The zero-order valence-corrected chi connectivity index (χ0v) is 9.99. The van der Waals surface area contributed by atoms with Gasteiger partial charge in [0.15, 0.2) is 0 Å². The number of aromatic nitrogens is 4. The second-order valence-electron chi connectivity index (χ2n) is 4.05. The average molecular weight is 236 g/mol. The van der Waals surface area contributed by atoms with Crippen LogP contribution in [-0.2, 0) is 7.05 Å². The molecule has 3 aromatic rings. The maximum absolute atomic E-state index is 4.21. The monoisotopic (exact) mass is 236 g/mol. The molecule has 3 rings (SSSR count). The van der Waals surface area contributed by atoms with Crippen molar-refractivity contribution in [3.63, 3.8) is 0 Å². The van der Waals surface area contributed by atoms with Crippen molar-refractivity contribution in [3.05, 3.63) is 54.6 Å². The number of hydrogen-bond donors (Lipinski definition) is 0. The third kappa shape index (κ3) is 2.00. The smallest absolute Gasteiger partial charge is 0.167 e. The van der Waals surface area contributed by atoms with Crippen molar-refractivity contribution in [2.75, 3.05) is 0 Å². The quantitative estimate of drug-likeness (QED) is 0.686. The number of benzene rings is 2. The molecule has 2 aromatic carbocycles. The summed E-state index contributed by atoms with van der Waals surface area (Å²) in [5.74, 6) is 0.648. The number of nitrogens with zero attached hydrogens (tertiary/aromatic N) is 4. The van der Waals surface area contributed by atoms with Crippen LogP contribution in [-0.4, -0.2) is 20.2 Å². The largest absolute Gasteiger partial charge is 0.204 e. The van der Waals surface area contributed by atoms with Crippen molar-refractivity contribution in [2.45, 2.75) is 0 Å². The molecule has 0 saturated heterocycles. The van der Waals surface area contributed by atoms with Gasteiger partial charge in [0.25, 0.3) is 0 Å². The highest BCUT2D eigenvalue weighted by molar-refractivity contribution is 5.69. The van der Waals surface area contributed by atoms with Crippen LogP contribution in [0.15, 0.2) is 54.6 Å². The van der Waals surface area contributed by atoms with Crippen molar-refractivity contribution in [3.8, 4) is 22.5 Å². The second kappa shape index (κ2) is 4.41. The van der Waals surface area contributed by atoms with Crippen molar-refractivity contribution < 1.29 is 0 Å². The number of rotatable bonds is 2. The van der Waals surface area contributed by atoms with Gasteiger partial charge in [-0.05, 0) is 22.4 Å². The highest BCUT2D eigenvalue weighted by Gasteiger charge is 2.05. The van der Waals surface area contributed by atoms with E-state index in [1.54, 1.807) is 7.05 Å². The fourth-order valence-electron chi connectivity index (χ4n) is 1.87. The number of hydrogen-bond acceptors (Lipinski definition) is 3. The molecular weight excluding hydrogens is 224 g/mol. The summed E-state index contributed by atoms with van der Waals surface area (Å²) in [7, 11) is 1.76. The molecule has 0 aliphatic rings. The van der Waals surface area contributed by atoms with Crippen LogP contribution in [0.1, 0.15) is 0 Å². The van der Waals surface area contributed by atoms with Gasteiger partial charge in [0.1, 0.15) is 0 Å². The van der Waals surface area contributed by atoms with Crippen molar-refractivity contribution >= 4 is 0 Å². The maximum Gasteiger partial charge on any atom is 0.204 e. The van der Waals surface area contributed by atoms with Crippen molar-refractivity contribution in [1.82, 2.24) is 20.2 Å². The maximum atomic E-state index is 4.21. The van der Waals surface area contributed by atoms with Crippen LogP contribution in [0.4, 0.5) is 0 Å². The molecule has 0 aliphatic heterocycles. The lowest BCUT2D eigenvalue weighted by molar-refractivity contribution is 0.630. The average Bonchev–Trinajstić information content (AvgIpc) is 2.87. The normalized spacial score (nSPS) is 10.5. The number of tetrazole rings is 1. The molecule has 0 bridgehead atoms. The van der Waals surface area contributed by atoms with Crippen molar-refractivity contribution in [1.29, 1.82) is 0 Å². The van der Waals surface area contributed by atoms with E-state index in [1.807, 2.05) is 30.3 Å². The van der Waals surface area contributed by atoms with Crippen LogP contribution in [0.2, 0.25) is 0 Å². The Labute approximate surface area is 105 Å². The Morgan fingerprint density at radius 3 is 2.28 bits per heavy atom. The first-order valence-corrected chi connectivity index (χ1v) is 5.73. The van der Waals surface area contributed by atoms with Gasteiger partial charge in [-0.1, -0.05) is 48.5 Å². The zero-order valence-electron chi connectivity index (χ0n) is 9.99. The molecule has 1 heterocycles. The highest BCUT2D eigenvalue weighted by atomic mass is 15.6. The van der Waals surface area contributed by atoms with E-state index in [-0.39, 0.29) is 0 Å². The molecule has 4 heteroatoms. The first-order chi connectivity index (χ1) is 8.83. The lowest BCUT2D eigenvalue weighted by atomic mass is 10.0. The summed E-state index contributed by atoms with van der Waals surface area (Å²) in [5, 5.41) is 12.1. The first kappa shape index (κ1) is 10.7. The Kier molecular flexibility index (Phi) is 2.61. The molecule has 4 nitrogen and oxygen atoms in total. The Hall–Kier alpha value is -2.49. The molecule has 0 atom stereocenters. The van der Waals surface area contributed by atoms with E-state index in [1.165, 1.54) is 10.4 Å². The molecule has 0 spiro atoms. The van der Waals surface area contributed by atoms with Crippen LogP contribution in [0.25, 0.3) is 22.5 Å². The van der Waals surface area contributed by atoms with Crippen LogP contribution in [0.3, 0.4) is 0 Å². The third-order valence-electron chi connectivity index (χ3n) is 2.74. The van der Waals surface area contributed by atoms with E-state index >= 15 is 0 Å². The van der Waals surface area contributed by atoms with E-state index in [2.05, 4.69) is 39.7 Å². The summed E-state index contributed by atoms with van der Waals surface area (Å²) in [6.07, 6.45) is 0. The minimum Gasteiger partial charge on any atom is -0.167 e. The van der Waals surface area contributed by atoms with Gasteiger partial charge in [-0.2, -0.15) is 4.80 Å². The van der Waals surface area contributed by atoms with E-state index in [9.17, 15) is 0 Å². The minimum absolute atomic E-state index is 0.648. The van der Waals surface area contributed by atoms with Gasteiger partial charge in [-0.3, -0.25) is 0 Å². The molecular formula is C14H12N4. The predicted molar refractivity (Wildman–Crippen MR) is 69.7 cm³/mol. The summed E-state index contributed by atoms with van der Waals surface area (Å²) in [4.78, 5) is 1.46. The summed E-state index contributed by atoms with van der Waals surface area (Å²) in [6.45, 7) is 0. The number of aryl methyl sites for hydroxylation is 1.